The van der Waals surface area contributed by atoms with Crippen molar-refractivity contribution in [1.29, 1.82) is 0 Å². The molecule has 0 atom stereocenters. The standard InChI is InChI=1S/C22H32FN5O.HI/c1-4-24-21(27-15-22(10-5-6-11-22)20(29)28(2)3)25-12-9-16-14-26-19-13-17(23)7-8-18(16)19;/h7-8,13-14,26H,4-6,9-12,15H2,1-3H3,(H2,24,25,27);1H. The maximum absolute atomic E-state index is 13.4. The van der Waals surface area contributed by atoms with Gasteiger partial charge in [0.05, 0.1) is 12.0 Å². The summed E-state index contributed by atoms with van der Waals surface area (Å²) >= 11 is 0. The summed E-state index contributed by atoms with van der Waals surface area (Å²) in [6, 6.07) is 4.81. The number of carbonyl (C=O) groups is 1. The van der Waals surface area contributed by atoms with E-state index in [1.54, 1.807) is 4.90 Å². The minimum atomic E-state index is -0.368. The molecule has 0 spiro atoms. The lowest BCUT2D eigenvalue weighted by Crippen LogP contribution is -2.43. The van der Waals surface area contributed by atoms with Crippen LogP contribution in [0.3, 0.4) is 0 Å². The molecule has 1 fully saturated rings. The molecule has 30 heavy (non-hydrogen) atoms. The quantitative estimate of drug-likeness (QED) is 0.291. The summed E-state index contributed by atoms with van der Waals surface area (Å²) in [4.78, 5) is 22.3. The SMILES string of the molecule is CCNC(=NCC1(C(=O)N(C)C)CCCC1)NCCc1c[nH]c2cc(F)ccc12.I. The number of fused-ring (bicyclic) bond motifs is 1. The van der Waals surface area contributed by atoms with E-state index in [1.165, 1.54) is 12.1 Å². The van der Waals surface area contributed by atoms with Crippen LogP contribution in [-0.4, -0.2) is 55.5 Å². The van der Waals surface area contributed by atoms with Gasteiger partial charge in [-0.1, -0.05) is 12.8 Å². The van der Waals surface area contributed by atoms with Crippen LogP contribution in [0.1, 0.15) is 38.2 Å². The summed E-state index contributed by atoms with van der Waals surface area (Å²) in [5.41, 5.74) is 1.58. The Hall–Kier alpha value is -1.84. The van der Waals surface area contributed by atoms with Crippen LogP contribution < -0.4 is 10.6 Å². The van der Waals surface area contributed by atoms with Gasteiger partial charge in [-0.15, -0.1) is 24.0 Å². The Morgan fingerprint density at radius 3 is 2.67 bits per heavy atom. The third-order valence-electron chi connectivity index (χ3n) is 5.72. The summed E-state index contributed by atoms with van der Waals surface area (Å²) < 4.78 is 13.4. The van der Waals surface area contributed by atoms with E-state index in [4.69, 9.17) is 4.99 Å². The smallest absolute Gasteiger partial charge is 0.230 e. The van der Waals surface area contributed by atoms with Crippen molar-refractivity contribution in [2.75, 3.05) is 33.7 Å². The second kappa shape index (κ2) is 11.0. The van der Waals surface area contributed by atoms with Crippen LogP contribution in [0, 0.1) is 11.2 Å². The number of benzene rings is 1. The average molecular weight is 529 g/mol. The predicted octanol–water partition coefficient (Wildman–Crippen LogP) is 3.67. The zero-order valence-electron chi connectivity index (χ0n) is 18.1. The molecule has 1 aromatic carbocycles. The third kappa shape index (κ3) is 5.65. The molecule has 0 unspecified atom stereocenters. The average Bonchev–Trinajstić information content (AvgIpc) is 3.33. The van der Waals surface area contributed by atoms with E-state index in [9.17, 15) is 9.18 Å². The highest BCUT2D eigenvalue weighted by molar-refractivity contribution is 14.0. The van der Waals surface area contributed by atoms with Gasteiger partial charge in [0.1, 0.15) is 5.82 Å². The molecule has 1 aliphatic carbocycles. The molecule has 8 heteroatoms. The monoisotopic (exact) mass is 529 g/mol. The van der Waals surface area contributed by atoms with Crippen LogP contribution in [0.15, 0.2) is 29.4 Å². The van der Waals surface area contributed by atoms with Crippen LogP contribution in [0.2, 0.25) is 0 Å². The highest BCUT2D eigenvalue weighted by Gasteiger charge is 2.42. The molecular formula is C22H33FIN5O. The molecule has 0 aliphatic heterocycles. The molecular weight excluding hydrogens is 496 g/mol. The Kier molecular flexibility index (Phi) is 8.93. The molecule has 3 N–H and O–H groups in total. The fraction of sp³-hybridized carbons (Fsp3) is 0.545. The molecule has 1 aliphatic rings. The Bertz CT molecular complexity index is 874. The van der Waals surface area contributed by atoms with Crippen molar-refractivity contribution in [3.8, 4) is 0 Å². The van der Waals surface area contributed by atoms with Crippen molar-refractivity contribution in [2.45, 2.75) is 39.0 Å². The number of hydrogen-bond donors (Lipinski definition) is 3. The Balaban J connectivity index is 0.00000320. The minimum Gasteiger partial charge on any atom is -0.361 e. The molecule has 2 aromatic rings. The number of halogens is 2. The van der Waals surface area contributed by atoms with E-state index in [-0.39, 0.29) is 41.1 Å². The number of rotatable bonds is 7. The summed E-state index contributed by atoms with van der Waals surface area (Å²) in [6.07, 6.45) is 6.69. The first-order chi connectivity index (χ1) is 13.9. The maximum atomic E-state index is 13.4. The van der Waals surface area contributed by atoms with Crippen molar-refractivity contribution < 1.29 is 9.18 Å². The second-order valence-electron chi connectivity index (χ2n) is 8.06. The van der Waals surface area contributed by atoms with E-state index in [0.717, 1.165) is 61.1 Å². The largest absolute Gasteiger partial charge is 0.361 e. The molecule has 0 saturated heterocycles. The number of aromatic amines is 1. The highest BCUT2D eigenvalue weighted by Crippen LogP contribution is 2.39. The zero-order valence-corrected chi connectivity index (χ0v) is 20.4. The van der Waals surface area contributed by atoms with E-state index >= 15 is 0 Å². The highest BCUT2D eigenvalue weighted by atomic mass is 127. The number of nitrogens with one attached hydrogen (secondary N) is 3. The van der Waals surface area contributed by atoms with Crippen molar-refractivity contribution in [2.24, 2.45) is 10.4 Å². The predicted molar refractivity (Wildman–Crippen MR) is 131 cm³/mol. The number of hydrogen-bond acceptors (Lipinski definition) is 2. The first-order valence-corrected chi connectivity index (χ1v) is 10.4. The first kappa shape index (κ1) is 24.4. The maximum Gasteiger partial charge on any atom is 0.230 e. The Labute approximate surface area is 195 Å². The summed E-state index contributed by atoms with van der Waals surface area (Å²) in [7, 11) is 3.64. The Morgan fingerprint density at radius 1 is 1.27 bits per heavy atom. The van der Waals surface area contributed by atoms with E-state index in [0.29, 0.717) is 13.1 Å². The van der Waals surface area contributed by atoms with Gasteiger partial charge in [0.15, 0.2) is 5.96 Å². The molecule has 166 valence electrons. The molecule has 0 radical (unpaired) electrons. The molecule has 3 rings (SSSR count). The van der Waals surface area contributed by atoms with Gasteiger partial charge in [0, 0.05) is 44.3 Å². The van der Waals surface area contributed by atoms with Gasteiger partial charge in [0.2, 0.25) is 5.91 Å². The van der Waals surface area contributed by atoms with Crippen molar-refractivity contribution in [3.63, 3.8) is 0 Å². The number of aliphatic imine (C=N–C) groups is 1. The fourth-order valence-electron chi connectivity index (χ4n) is 4.22. The van der Waals surface area contributed by atoms with Crippen LogP contribution in [0.4, 0.5) is 4.39 Å². The van der Waals surface area contributed by atoms with Crippen molar-refractivity contribution >= 4 is 46.7 Å². The molecule has 0 bridgehead atoms. The number of nitrogens with zero attached hydrogens (tertiary/aromatic N) is 2. The van der Waals surface area contributed by atoms with Crippen molar-refractivity contribution in [3.05, 3.63) is 35.8 Å². The molecule has 1 aromatic heterocycles. The molecule has 1 heterocycles. The van der Waals surface area contributed by atoms with Gasteiger partial charge >= 0.3 is 0 Å². The summed E-state index contributed by atoms with van der Waals surface area (Å²) in [5.74, 6) is 0.676. The van der Waals surface area contributed by atoms with E-state index in [2.05, 4.69) is 15.6 Å². The lowest BCUT2D eigenvalue weighted by Gasteiger charge is -2.29. The number of amides is 1. The zero-order chi connectivity index (χ0) is 20.9. The van der Waals surface area contributed by atoms with E-state index in [1.807, 2.05) is 33.3 Å². The first-order valence-electron chi connectivity index (χ1n) is 10.4. The van der Waals surface area contributed by atoms with Crippen LogP contribution in [-0.2, 0) is 11.2 Å². The topological polar surface area (TPSA) is 72.5 Å². The number of guanidine groups is 1. The van der Waals surface area contributed by atoms with Gasteiger partial charge in [-0.05, 0) is 49.9 Å². The fourth-order valence-corrected chi connectivity index (χ4v) is 4.22. The molecule has 1 saturated carbocycles. The lowest BCUT2D eigenvalue weighted by molar-refractivity contribution is -0.138. The number of carbonyl (C=O) groups excluding carboxylic acids is 1. The lowest BCUT2D eigenvalue weighted by atomic mass is 9.85. The summed E-state index contributed by atoms with van der Waals surface area (Å²) in [5, 5.41) is 7.68. The molecule has 1 amide bonds. The normalized spacial score (nSPS) is 15.7. The second-order valence-corrected chi connectivity index (χ2v) is 8.06. The van der Waals surface area contributed by atoms with Gasteiger partial charge in [-0.3, -0.25) is 9.79 Å². The van der Waals surface area contributed by atoms with Gasteiger partial charge in [-0.2, -0.15) is 0 Å². The van der Waals surface area contributed by atoms with Gasteiger partial charge in [0.25, 0.3) is 0 Å². The third-order valence-corrected chi connectivity index (χ3v) is 5.72. The number of aromatic nitrogens is 1. The van der Waals surface area contributed by atoms with Crippen LogP contribution in [0.25, 0.3) is 10.9 Å². The van der Waals surface area contributed by atoms with Gasteiger partial charge < -0.3 is 20.5 Å². The van der Waals surface area contributed by atoms with Crippen LogP contribution >= 0.6 is 24.0 Å². The van der Waals surface area contributed by atoms with Crippen LogP contribution in [0.5, 0.6) is 0 Å². The molecule has 6 nitrogen and oxygen atoms in total. The van der Waals surface area contributed by atoms with Crippen molar-refractivity contribution in [1.82, 2.24) is 20.5 Å². The van der Waals surface area contributed by atoms with Gasteiger partial charge in [-0.25, -0.2) is 4.39 Å². The Morgan fingerprint density at radius 2 is 2.00 bits per heavy atom. The minimum absolute atomic E-state index is 0. The van der Waals surface area contributed by atoms with E-state index < -0.39 is 0 Å². The summed E-state index contributed by atoms with van der Waals surface area (Å²) in [6.45, 7) is 3.99. The number of H-pyrrole nitrogens is 1.